The van der Waals surface area contributed by atoms with Crippen LogP contribution in [0.15, 0.2) is 59.5 Å². The normalized spacial score (nSPS) is 10.6. The van der Waals surface area contributed by atoms with Crippen LogP contribution in [-0.2, 0) is 6.54 Å². The van der Waals surface area contributed by atoms with Crippen molar-refractivity contribution in [3.63, 3.8) is 0 Å². The Morgan fingerprint density at radius 3 is 2.62 bits per heavy atom. The van der Waals surface area contributed by atoms with Crippen LogP contribution < -0.4 is 5.32 Å². The van der Waals surface area contributed by atoms with Crippen LogP contribution in [0.5, 0.6) is 0 Å². The average molecular weight is 342 g/mol. The van der Waals surface area contributed by atoms with Crippen LogP contribution in [0, 0.1) is 6.92 Å². The first-order valence-corrected chi connectivity index (χ1v) is 7.59. The van der Waals surface area contributed by atoms with E-state index in [2.05, 4.69) is 80.6 Å². The Hall–Kier alpha value is -2.07. The monoisotopic (exact) mass is 341 g/mol. The van der Waals surface area contributed by atoms with E-state index >= 15 is 0 Å². The summed E-state index contributed by atoms with van der Waals surface area (Å²) in [5.41, 5.74) is 5.78. The number of aromatic nitrogens is 2. The minimum atomic E-state index is 0.808. The molecule has 0 fully saturated rings. The third-order valence-corrected chi connectivity index (χ3v) is 4.28. The number of nitrogens with one attached hydrogen (secondary N) is 2. The molecule has 0 amide bonds. The van der Waals surface area contributed by atoms with Gasteiger partial charge in [-0.05, 0) is 41.8 Å². The van der Waals surface area contributed by atoms with E-state index in [4.69, 9.17) is 0 Å². The Morgan fingerprint density at radius 2 is 1.95 bits per heavy atom. The molecule has 0 saturated heterocycles. The molecule has 1 heterocycles. The highest BCUT2D eigenvalue weighted by atomic mass is 79.9. The minimum absolute atomic E-state index is 0.808. The fourth-order valence-electron chi connectivity index (χ4n) is 2.13. The fourth-order valence-corrected chi connectivity index (χ4v) is 2.56. The van der Waals surface area contributed by atoms with Crippen molar-refractivity contribution in [1.82, 2.24) is 9.97 Å². The van der Waals surface area contributed by atoms with Crippen LogP contribution in [0.4, 0.5) is 5.69 Å². The van der Waals surface area contributed by atoms with Crippen LogP contribution in [-0.4, -0.2) is 9.97 Å². The molecule has 0 radical (unpaired) electrons. The van der Waals surface area contributed by atoms with Gasteiger partial charge in [-0.2, -0.15) is 0 Å². The molecule has 0 aliphatic heterocycles. The van der Waals surface area contributed by atoms with Crippen LogP contribution >= 0.6 is 15.9 Å². The van der Waals surface area contributed by atoms with Gasteiger partial charge in [-0.25, -0.2) is 4.98 Å². The highest BCUT2D eigenvalue weighted by Gasteiger charge is 2.00. The molecule has 0 saturated carbocycles. The van der Waals surface area contributed by atoms with Crippen LogP contribution in [0.3, 0.4) is 0 Å². The summed E-state index contributed by atoms with van der Waals surface area (Å²) in [4.78, 5) is 7.14. The van der Waals surface area contributed by atoms with Crippen molar-refractivity contribution in [2.24, 2.45) is 0 Å². The first kappa shape index (κ1) is 13.9. The lowest BCUT2D eigenvalue weighted by molar-refractivity contribution is 1.14. The van der Waals surface area contributed by atoms with Crippen molar-refractivity contribution in [2.75, 3.05) is 5.32 Å². The predicted octanol–water partition coefficient (Wildman–Crippen LogP) is 4.76. The molecule has 0 bridgehead atoms. The molecule has 4 heteroatoms. The number of hydrogen-bond acceptors (Lipinski definition) is 2. The number of aryl methyl sites for hydroxylation is 1. The SMILES string of the molecule is Cc1ccc(CNc2ccc(-c3cnc[nH]3)cc2)cc1Br. The Bertz CT molecular complexity index is 718. The number of benzene rings is 2. The molecule has 3 nitrogen and oxygen atoms in total. The lowest BCUT2D eigenvalue weighted by Gasteiger charge is -2.08. The lowest BCUT2D eigenvalue weighted by Crippen LogP contribution is -1.99. The quantitative estimate of drug-likeness (QED) is 0.718. The summed E-state index contributed by atoms with van der Waals surface area (Å²) in [7, 11) is 0. The second kappa shape index (κ2) is 6.14. The second-order valence-corrected chi connectivity index (χ2v) is 5.83. The molecule has 0 unspecified atom stereocenters. The molecule has 3 rings (SSSR count). The number of aromatic amines is 1. The van der Waals surface area contributed by atoms with Gasteiger partial charge in [0.1, 0.15) is 0 Å². The van der Waals surface area contributed by atoms with Crippen molar-refractivity contribution < 1.29 is 0 Å². The lowest BCUT2D eigenvalue weighted by atomic mass is 10.1. The highest BCUT2D eigenvalue weighted by molar-refractivity contribution is 9.10. The van der Waals surface area contributed by atoms with Gasteiger partial charge in [0, 0.05) is 16.7 Å². The maximum Gasteiger partial charge on any atom is 0.0924 e. The van der Waals surface area contributed by atoms with Gasteiger partial charge < -0.3 is 10.3 Å². The van der Waals surface area contributed by atoms with Crippen LogP contribution in [0.25, 0.3) is 11.3 Å². The number of halogens is 1. The number of anilines is 1. The van der Waals surface area contributed by atoms with Crippen molar-refractivity contribution in [2.45, 2.75) is 13.5 Å². The van der Waals surface area contributed by atoms with Gasteiger partial charge >= 0.3 is 0 Å². The second-order valence-electron chi connectivity index (χ2n) is 4.98. The summed E-state index contributed by atoms with van der Waals surface area (Å²) >= 11 is 3.57. The molecule has 2 aromatic carbocycles. The number of imidazole rings is 1. The minimum Gasteiger partial charge on any atom is -0.381 e. The summed E-state index contributed by atoms with van der Waals surface area (Å²) in [5, 5.41) is 3.43. The molecule has 0 spiro atoms. The third kappa shape index (κ3) is 3.34. The van der Waals surface area contributed by atoms with Gasteiger partial charge in [0.05, 0.1) is 18.2 Å². The van der Waals surface area contributed by atoms with E-state index in [1.54, 1.807) is 6.33 Å². The summed E-state index contributed by atoms with van der Waals surface area (Å²) < 4.78 is 1.15. The molecule has 21 heavy (non-hydrogen) atoms. The maximum absolute atomic E-state index is 4.04. The van der Waals surface area contributed by atoms with E-state index in [1.165, 1.54) is 11.1 Å². The van der Waals surface area contributed by atoms with Crippen LogP contribution in [0.1, 0.15) is 11.1 Å². The smallest absolute Gasteiger partial charge is 0.0924 e. The van der Waals surface area contributed by atoms with Gasteiger partial charge in [0.2, 0.25) is 0 Å². The molecule has 106 valence electrons. The first-order chi connectivity index (χ1) is 10.2. The third-order valence-electron chi connectivity index (χ3n) is 3.43. The predicted molar refractivity (Wildman–Crippen MR) is 90.2 cm³/mol. The zero-order chi connectivity index (χ0) is 14.7. The molecular weight excluding hydrogens is 326 g/mol. The molecule has 0 atom stereocenters. The number of hydrogen-bond donors (Lipinski definition) is 2. The van der Waals surface area contributed by atoms with Gasteiger partial charge in [-0.1, -0.05) is 40.2 Å². The standard InChI is InChI=1S/C17H16BrN3/c1-12-2-3-13(8-16(12)18)9-20-15-6-4-14(5-7-15)17-10-19-11-21-17/h2-8,10-11,20H,9H2,1H3,(H,19,21). The molecule has 2 N–H and O–H groups in total. The van der Waals surface area contributed by atoms with E-state index < -0.39 is 0 Å². The highest BCUT2D eigenvalue weighted by Crippen LogP contribution is 2.21. The zero-order valence-electron chi connectivity index (χ0n) is 11.7. The summed E-state index contributed by atoms with van der Waals surface area (Å²) in [5.74, 6) is 0. The van der Waals surface area contributed by atoms with E-state index in [-0.39, 0.29) is 0 Å². The first-order valence-electron chi connectivity index (χ1n) is 6.80. The largest absolute Gasteiger partial charge is 0.381 e. The Labute approximate surface area is 132 Å². The molecule has 0 aliphatic carbocycles. The summed E-state index contributed by atoms with van der Waals surface area (Å²) in [6.45, 7) is 2.90. The Kier molecular flexibility index (Phi) is 4.06. The van der Waals surface area contributed by atoms with Crippen molar-refractivity contribution in [3.8, 4) is 11.3 Å². The molecule has 1 aromatic heterocycles. The van der Waals surface area contributed by atoms with Crippen molar-refractivity contribution >= 4 is 21.6 Å². The van der Waals surface area contributed by atoms with E-state index in [0.29, 0.717) is 0 Å². The van der Waals surface area contributed by atoms with Crippen molar-refractivity contribution in [1.29, 1.82) is 0 Å². The molecule has 3 aromatic rings. The van der Waals surface area contributed by atoms with Crippen molar-refractivity contribution in [3.05, 3.63) is 70.6 Å². The summed E-state index contributed by atoms with van der Waals surface area (Å²) in [6, 6.07) is 14.8. The van der Waals surface area contributed by atoms with Gasteiger partial charge in [-0.3, -0.25) is 0 Å². The number of nitrogens with zero attached hydrogens (tertiary/aromatic N) is 1. The zero-order valence-corrected chi connectivity index (χ0v) is 13.3. The summed E-state index contributed by atoms with van der Waals surface area (Å²) in [6.07, 6.45) is 3.52. The maximum atomic E-state index is 4.04. The van der Waals surface area contributed by atoms with Gasteiger partial charge in [-0.15, -0.1) is 0 Å². The number of rotatable bonds is 4. The van der Waals surface area contributed by atoms with E-state index in [9.17, 15) is 0 Å². The van der Waals surface area contributed by atoms with Gasteiger partial charge in [0.15, 0.2) is 0 Å². The average Bonchev–Trinajstić information content (AvgIpc) is 3.03. The van der Waals surface area contributed by atoms with Gasteiger partial charge in [0.25, 0.3) is 0 Å². The number of H-pyrrole nitrogens is 1. The van der Waals surface area contributed by atoms with E-state index in [1.807, 2.05) is 6.20 Å². The Balaban J connectivity index is 1.66. The van der Waals surface area contributed by atoms with E-state index in [0.717, 1.165) is 28.0 Å². The molecular formula is C17H16BrN3. The molecule has 0 aliphatic rings. The topological polar surface area (TPSA) is 40.7 Å². The Morgan fingerprint density at radius 1 is 1.14 bits per heavy atom. The van der Waals surface area contributed by atoms with Crippen LogP contribution in [0.2, 0.25) is 0 Å². The fraction of sp³-hybridized carbons (Fsp3) is 0.118.